The molecule has 2 rings (SSSR count). The lowest BCUT2D eigenvalue weighted by molar-refractivity contribution is 0.601. The highest BCUT2D eigenvalue weighted by Gasteiger charge is 2.13. The largest absolute Gasteiger partial charge is 0.279 e. The number of rotatable bonds is 3. The zero-order valence-electron chi connectivity index (χ0n) is 8.97. The molecule has 0 spiro atoms. The molecule has 0 fully saturated rings. The summed E-state index contributed by atoms with van der Waals surface area (Å²) in [5.74, 6) is 0. The van der Waals surface area contributed by atoms with E-state index in [-0.39, 0.29) is 10.0 Å². The molecule has 1 N–H and O–H groups in total. The second-order valence-electron chi connectivity index (χ2n) is 3.43. The zero-order chi connectivity index (χ0) is 13.2. The van der Waals surface area contributed by atoms with Crippen LogP contribution >= 0.6 is 27.5 Å². The van der Waals surface area contributed by atoms with Crippen LogP contribution in [0.1, 0.15) is 0 Å². The zero-order valence-corrected chi connectivity index (χ0v) is 12.1. The quantitative estimate of drug-likeness (QED) is 0.867. The predicted molar refractivity (Wildman–Crippen MR) is 74.2 cm³/mol. The standard InChI is InChI=1S/C11H8BrClN2O2S/c12-8-1-3-10(4-2-8)18(16,17)15-9-5-6-14-11(13)7-9/h1-7H,(H,14,15). The molecule has 0 bridgehead atoms. The van der Waals surface area contributed by atoms with E-state index in [0.29, 0.717) is 5.69 Å². The molecular weight excluding hydrogens is 340 g/mol. The Bertz CT molecular complexity index is 659. The van der Waals surface area contributed by atoms with E-state index in [1.54, 1.807) is 12.1 Å². The summed E-state index contributed by atoms with van der Waals surface area (Å²) < 4.78 is 27.3. The van der Waals surface area contributed by atoms with E-state index in [1.165, 1.54) is 30.5 Å². The van der Waals surface area contributed by atoms with Crippen LogP contribution in [-0.2, 0) is 10.0 Å². The second kappa shape index (κ2) is 5.26. The number of nitrogens with zero attached hydrogens (tertiary/aromatic N) is 1. The molecule has 1 aromatic carbocycles. The first-order valence-electron chi connectivity index (χ1n) is 4.87. The Labute approximate surface area is 118 Å². The van der Waals surface area contributed by atoms with Gasteiger partial charge in [-0.15, -0.1) is 0 Å². The van der Waals surface area contributed by atoms with Gasteiger partial charge in [-0.3, -0.25) is 4.72 Å². The number of nitrogens with one attached hydrogen (secondary N) is 1. The van der Waals surface area contributed by atoms with E-state index in [0.717, 1.165) is 4.47 Å². The molecule has 0 unspecified atom stereocenters. The van der Waals surface area contributed by atoms with Crippen LogP contribution in [0.4, 0.5) is 5.69 Å². The molecule has 0 aliphatic rings. The number of aromatic nitrogens is 1. The Kier molecular flexibility index (Phi) is 3.89. The number of hydrogen-bond acceptors (Lipinski definition) is 3. The van der Waals surface area contributed by atoms with Crippen LogP contribution in [0, 0.1) is 0 Å². The van der Waals surface area contributed by atoms with Crippen LogP contribution < -0.4 is 4.72 Å². The number of anilines is 1. The van der Waals surface area contributed by atoms with Crippen molar-refractivity contribution in [3.63, 3.8) is 0 Å². The van der Waals surface area contributed by atoms with E-state index in [1.807, 2.05) is 0 Å². The normalized spacial score (nSPS) is 11.2. The number of halogens is 2. The van der Waals surface area contributed by atoms with Crippen molar-refractivity contribution in [3.05, 3.63) is 52.2 Å². The first-order chi connectivity index (χ1) is 8.47. The van der Waals surface area contributed by atoms with Crippen LogP contribution in [0.25, 0.3) is 0 Å². The van der Waals surface area contributed by atoms with E-state index in [4.69, 9.17) is 11.6 Å². The number of pyridine rings is 1. The summed E-state index contributed by atoms with van der Waals surface area (Å²) in [6.45, 7) is 0. The molecule has 7 heteroatoms. The van der Waals surface area contributed by atoms with Crippen molar-refractivity contribution in [1.82, 2.24) is 4.98 Å². The van der Waals surface area contributed by atoms with Gasteiger partial charge >= 0.3 is 0 Å². The fraction of sp³-hybridized carbons (Fsp3) is 0. The predicted octanol–water partition coefficient (Wildman–Crippen LogP) is 3.30. The summed E-state index contributed by atoms with van der Waals surface area (Å²) in [6, 6.07) is 9.31. The minimum atomic E-state index is -3.60. The maximum Gasteiger partial charge on any atom is 0.261 e. The van der Waals surface area contributed by atoms with Crippen molar-refractivity contribution in [2.24, 2.45) is 0 Å². The highest BCUT2D eigenvalue weighted by atomic mass is 79.9. The average Bonchev–Trinajstić information content (AvgIpc) is 2.29. The molecule has 0 saturated heterocycles. The van der Waals surface area contributed by atoms with Gasteiger partial charge in [-0.2, -0.15) is 0 Å². The van der Waals surface area contributed by atoms with E-state index in [9.17, 15) is 8.42 Å². The highest BCUT2D eigenvalue weighted by Crippen LogP contribution is 2.19. The topological polar surface area (TPSA) is 59.1 Å². The lowest BCUT2D eigenvalue weighted by atomic mass is 10.4. The smallest absolute Gasteiger partial charge is 0.261 e. The van der Waals surface area contributed by atoms with Crippen molar-refractivity contribution >= 4 is 43.2 Å². The minimum absolute atomic E-state index is 0.179. The van der Waals surface area contributed by atoms with Gasteiger partial charge in [0, 0.05) is 10.7 Å². The van der Waals surface area contributed by atoms with E-state index >= 15 is 0 Å². The van der Waals surface area contributed by atoms with Crippen molar-refractivity contribution in [3.8, 4) is 0 Å². The Morgan fingerprint density at radius 3 is 2.44 bits per heavy atom. The average molecular weight is 348 g/mol. The maximum absolute atomic E-state index is 12.0. The van der Waals surface area contributed by atoms with Gasteiger partial charge in [0.05, 0.1) is 10.6 Å². The van der Waals surface area contributed by atoms with Gasteiger partial charge in [-0.05, 0) is 36.4 Å². The molecule has 0 aliphatic carbocycles. The first kappa shape index (κ1) is 13.3. The van der Waals surface area contributed by atoms with Crippen molar-refractivity contribution in [2.75, 3.05) is 4.72 Å². The van der Waals surface area contributed by atoms with Gasteiger partial charge in [-0.25, -0.2) is 13.4 Å². The molecule has 1 aromatic heterocycles. The van der Waals surface area contributed by atoms with E-state index < -0.39 is 10.0 Å². The maximum atomic E-state index is 12.0. The summed E-state index contributed by atoms with van der Waals surface area (Å²) in [5, 5.41) is 0.228. The summed E-state index contributed by atoms with van der Waals surface area (Å²) in [6.07, 6.45) is 1.43. The van der Waals surface area contributed by atoms with Crippen LogP contribution in [-0.4, -0.2) is 13.4 Å². The molecule has 0 amide bonds. The molecule has 94 valence electrons. The van der Waals surface area contributed by atoms with Crippen molar-refractivity contribution < 1.29 is 8.42 Å². The molecule has 18 heavy (non-hydrogen) atoms. The SMILES string of the molecule is O=S(=O)(Nc1ccnc(Cl)c1)c1ccc(Br)cc1. The fourth-order valence-electron chi connectivity index (χ4n) is 1.29. The van der Waals surface area contributed by atoms with Gasteiger partial charge in [0.2, 0.25) is 0 Å². The highest BCUT2D eigenvalue weighted by molar-refractivity contribution is 9.10. The lowest BCUT2D eigenvalue weighted by Gasteiger charge is -2.07. The minimum Gasteiger partial charge on any atom is -0.279 e. The summed E-state index contributed by atoms with van der Waals surface area (Å²) >= 11 is 8.94. The van der Waals surface area contributed by atoms with Crippen LogP contribution in [0.5, 0.6) is 0 Å². The van der Waals surface area contributed by atoms with Gasteiger partial charge < -0.3 is 0 Å². The van der Waals surface area contributed by atoms with Gasteiger partial charge in [-0.1, -0.05) is 27.5 Å². The third-order valence-corrected chi connectivity index (χ3v) is 4.24. The van der Waals surface area contributed by atoms with Gasteiger partial charge in [0.15, 0.2) is 0 Å². The van der Waals surface area contributed by atoms with Crippen LogP contribution in [0.15, 0.2) is 52.0 Å². The Balaban J connectivity index is 2.30. The second-order valence-corrected chi connectivity index (χ2v) is 6.41. The molecule has 0 saturated carbocycles. The molecular formula is C11H8BrClN2O2S. The Hall–Kier alpha value is -1.11. The van der Waals surface area contributed by atoms with Crippen LogP contribution in [0.3, 0.4) is 0 Å². The first-order valence-corrected chi connectivity index (χ1v) is 7.53. The third kappa shape index (κ3) is 3.22. The number of benzene rings is 1. The monoisotopic (exact) mass is 346 g/mol. The lowest BCUT2D eigenvalue weighted by Crippen LogP contribution is -2.12. The molecule has 0 radical (unpaired) electrons. The van der Waals surface area contributed by atoms with Crippen molar-refractivity contribution in [1.29, 1.82) is 0 Å². The van der Waals surface area contributed by atoms with Gasteiger partial charge in [0.25, 0.3) is 10.0 Å². The molecule has 0 atom stereocenters. The Morgan fingerprint density at radius 2 is 1.83 bits per heavy atom. The molecule has 2 aromatic rings. The summed E-state index contributed by atoms with van der Waals surface area (Å²) in [4.78, 5) is 3.96. The summed E-state index contributed by atoms with van der Waals surface area (Å²) in [5.41, 5.74) is 0.373. The number of sulfonamides is 1. The van der Waals surface area contributed by atoms with E-state index in [2.05, 4.69) is 25.6 Å². The molecule has 4 nitrogen and oxygen atoms in total. The van der Waals surface area contributed by atoms with Gasteiger partial charge in [0.1, 0.15) is 5.15 Å². The summed E-state index contributed by atoms with van der Waals surface area (Å²) in [7, 11) is -3.60. The molecule has 1 heterocycles. The fourth-order valence-corrected chi connectivity index (χ4v) is 2.78. The van der Waals surface area contributed by atoms with Crippen LogP contribution in [0.2, 0.25) is 5.15 Å². The number of hydrogen-bond donors (Lipinski definition) is 1. The van der Waals surface area contributed by atoms with Crippen molar-refractivity contribution in [2.45, 2.75) is 4.90 Å². The molecule has 0 aliphatic heterocycles. The Morgan fingerprint density at radius 1 is 1.17 bits per heavy atom. The third-order valence-electron chi connectivity index (χ3n) is 2.10.